The minimum absolute atomic E-state index is 0.0495. The van der Waals surface area contributed by atoms with Crippen LogP contribution in [0.25, 0.3) is 0 Å². The lowest BCUT2D eigenvalue weighted by Crippen LogP contribution is -2.39. The van der Waals surface area contributed by atoms with Crippen LogP contribution in [-0.2, 0) is 16.6 Å². The van der Waals surface area contributed by atoms with Gasteiger partial charge in [-0.05, 0) is 30.0 Å². The van der Waals surface area contributed by atoms with Crippen LogP contribution in [0, 0.1) is 15.5 Å². The molecule has 0 radical (unpaired) electrons. The van der Waals surface area contributed by atoms with E-state index in [1.165, 1.54) is 28.1 Å². The number of non-ortho nitro benzene ring substituents is 1. The summed E-state index contributed by atoms with van der Waals surface area (Å²) < 4.78 is 27.4. The number of hydrogen-bond acceptors (Lipinski definition) is 5. The average Bonchev–Trinajstić information content (AvgIpc) is 2.77. The Kier molecular flexibility index (Phi) is 10.8. The van der Waals surface area contributed by atoms with E-state index in [1.54, 1.807) is 6.92 Å². The van der Waals surface area contributed by atoms with Crippen LogP contribution in [0.1, 0.15) is 46.6 Å². The van der Waals surface area contributed by atoms with E-state index in [4.69, 9.17) is 0 Å². The second-order valence-corrected chi connectivity index (χ2v) is 9.70. The van der Waals surface area contributed by atoms with E-state index in [9.17, 15) is 18.5 Å². The molecule has 0 aliphatic heterocycles. The molecular formula is C23H35N3O4S. The van der Waals surface area contributed by atoms with Gasteiger partial charge in [0.2, 0.25) is 10.0 Å². The summed E-state index contributed by atoms with van der Waals surface area (Å²) in [4.78, 5) is 10.4. The highest BCUT2D eigenvalue weighted by molar-refractivity contribution is 7.89. The van der Waals surface area contributed by atoms with Crippen molar-refractivity contribution < 1.29 is 13.3 Å². The van der Waals surface area contributed by atoms with Crippen molar-refractivity contribution in [1.82, 2.24) is 9.62 Å². The van der Waals surface area contributed by atoms with Crippen molar-refractivity contribution in [2.45, 2.75) is 52.5 Å². The largest absolute Gasteiger partial charge is 0.313 e. The summed E-state index contributed by atoms with van der Waals surface area (Å²) in [6.07, 6.45) is 0.792. The minimum Gasteiger partial charge on any atom is -0.313 e. The molecule has 0 unspecified atom stereocenters. The molecule has 0 spiro atoms. The topological polar surface area (TPSA) is 92.6 Å². The lowest BCUT2D eigenvalue weighted by Gasteiger charge is -2.31. The molecule has 0 fully saturated rings. The molecule has 0 bridgehead atoms. The molecule has 0 aromatic heterocycles. The maximum Gasteiger partial charge on any atom is 0.270 e. The van der Waals surface area contributed by atoms with Crippen LogP contribution in [0.3, 0.4) is 0 Å². The van der Waals surface area contributed by atoms with E-state index < -0.39 is 14.9 Å². The Morgan fingerprint density at radius 1 is 1.06 bits per heavy atom. The fourth-order valence-corrected chi connectivity index (χ4v) is 4.76. The van der Waals surface area contributed by atoms with Gasteiger partial charge in [0.15, 0.2) is 0 Å². The molecule has 0 saturated heterocycles. The van der Waals surface area contributed by atoms with Crippen molar-refractivity contribution in [3.05, 3.63) is 70.3 Å². The molecular weight excluding hydrogens is 414 g/mol. The second-order valence-electron chi connectivity index (χ2n) is 7.76. The van der Waals surface area contributed by atoms with Crippen LogP contribution >= 0.6 is 0 Å². The molecule has 1 N–H and O–H groups in total. The van der Waals surface area contributed by atoms with Gasteiger partial charge in [-0.1, -0.05) is 71.0 Å². The fraction of sp³-hybridized carbons (Fsp3) is 0.478. The number of benzene rings is 2. The summed E-state index contributed by atoms with van der Waals surface area (Å²) in [7, 11) is -3.81. The van der Waals surface area contributed by atoms with Crippen LogP contribution in [0.4, 0.5) is 5.69 Å². The van der Waals surface area contributed by atoms with Crippen molar-refractivity contribution in [2.75, 3.05) is 19.6 Å². The highest BCUT2D eigenvalue weighted by atomic mass is 32.2. The molecule has 8 heteroatoms. The van der Waals surface area contributed by atoms with Gasteiger partial charge in [0.1, 0.15) is 0 Å². The predicted octanol–water partition coefficient (Wildman–Crippen LogP) is 4.84. The number of sulfonamides is 1. The van der Waals surface area contributed by atoms with Crippen LogP contribution in [0.2, 0.25) is 0 Å². The van der Waals surface area contributed by atoms with Gasteiger partial charge in [-0.3, -0.25) is 10.1 Å². The van der Waals surface area contributed by atoms with Gasteiger partial charge in [0.25, 0.3) is 5.69 Å². The first kappa shape index (κ1) is 26.7. The zero-order valence-corrected chi connectivity index (χ0v) is 20.0. The Morgan fingerprint density at radius 2 is 1.71 bits per heavy atom. The Bertz CT molecular complexity index is 915. The van der Waals surface area contributed by atoms with E-state index in [-0.39, 0.29) is 16.0 Å². The third-order valence-electron chi connectivity index (χ3n) is 4.77. The van der Waals surface area contributed by atoms with Crippen molar-refractivity contribution in [2.24, 2.45) is 5.41 Å². The Balaban J connectivity index is 0.00000233. The number of hydrogen-bond donors (Lipinski definition) is 1. The Hall–Kier alpha value is -2.29. The summed E-state index contributed by atoms with van der Waals surface area (Å²) in [6, 6.07) is 15.3. The summed E-state index contributed by atoms with van der Waals surface area (Å²) in [5.74, 6) is 0. The summed E-state index contributed by atoms with van der Waals surface area (Å²) in [5, 5.41) is 14.4. The first-order valence-corrected chi connectivity index (χ1v) is 12.1. The molecule has 31 heavy (non-hydrogen) atoms. The van der Waals surface area contributed by atoms with Crippen molar-refractivity contribution in [3.63, 3.8) is 0 Å². The summed E-state index contributed by atoms with van der Waals surface area (Å²) in [6.45, 7) is 12.0. The zero-order chi connectivity index (χ0) is 23.5. The second kappa shape index (κ2) is 12.5. The lowest BCUT2D eigenvalue weighted by atomic mass is 9.89. The Morgan fingerprint density at radius 3 is 2.29 bits per heavy atom. The van der Waals surface area contributed by atoms with Gasteiger partial charge in [0, 0.05) is 31.8 Å². The van der Waals surface area contributed by atoms with Crippen molar-refractivity contribution in [1.29, 1.82) is 0 Å². The molecule has 0 atom stereocenters. The van der Waals surface area contributed by atoms with E-state index in [1.807, 2.05) is 45.9 Å². The van der Waals surface area contributed by atoms with Crippen LogP contribution < -0.4 is 5.32 Å². The molecule has 7 nitrogen and oxygen atoms in total. The molecule has 172 valence electrons. The van der Waals surface area contributed by atoms with Crippen molar-refractivity contribution >= 4 is 15.7 Å². The van der Waals surface area contributed by atoms with Crippen LogP contribution in [-0.4, -0.2) is 37.3 Å². The van der Waals surface area contributed by atoms with E-state index in [0.717, 1.165) is 25.6 Å². The average molecular weight is 450 g/mol. The molecule has 0 amide bonds. The maximum absolute atomic E-state index is 13.0. The Labute approximate surface area is 186 Å². The molecule has 2 aromatic rings. The SMILES string of the molecule is CC.CCN(CC(C)(C)CCNCc1ccccc1)S(=O)(=O)c1cccc([N+](=O)[O-])c1. The number of nitrogens with one attached hydrogen (secondary N) is 1. The molecule has 0 heterocycles. The molecule has 0 aliphatic rings. The van der Waals surface area contributed by atoms with Crippen molar-refractivity contribution in [3.8, 4) is 0 Å². The lowest BCUT2D eigenvalue weighted by molar-refractivity contribution is -0.385. The van der Waals surface area contributed by atoms with Gasteiger partial charge < -0.3 is 5.32 Å². The molecule has 2 aromatic carbocycles. The van der Waals surface area contributed by atoms with E-state index in [0.29, 0.717) is 13.1 Å². The van der Waals surface area contributed by atoms with Crippen LogP contribution in [0.15, 0.2) is 59.5 Å². The van der Waals surface area contributed by atoms with E-state index >= 15 is 0 Å². The third-order valence-corrected chi connectivity index (χ3v) is 6.69. The monoisotopic (exact) mass is 449 g/mol. The highest BCUT2D eigenvalue weighted by Crippen LogP contribution is 2.27. The van der Waals surface area contributed by atoms with Gasteiger partial charge >= 0.3 is 0 Å². The summed E-state index contributed by atoms with van der Waals surface area (Å²) >= 11 is 0. The third kappa shape index (κ3) is 8.40. The van der Waals surface area contributed by atoms with Gasteiger partial charge in [0.05, 0.1) is 9.82 Å². The zero-order valence-electron chi connectivity index (χ0n) is 19.2. The summed E-state index contributed by atoms with van der Waals surface area (Å²) in [5.41, 5.74) is 0.716. The van der Waals surface area contributed by atoms with Gasteiger partial charge in [-0.25, -0.2) is 8.42 Å². The fourth-order valence-electron chi connectivity index (χ4n) is 3.09. The standard InChI is InChI=1S/C21H29N3O4S.C2H6/c1-4-23(29(27,28)20-12-8-11-19(15-20)24(25)26)17-21(2,3)13-14-22-16-18-9-6-5-7-10-18;1-2/h5-12,15,22H,4,13-14,16-17H2,1-3H3;1-2H3. The number of rotatable bonds is 11. The van der Waals surface area contributed by atoms with Gasteiger partial charge in [-0.15, -0.1) is 0 Å². The normalized spacial score (nSPS) is 11.7. The first-order valence-electron chi connectivity index (χ1n) is 10.6. The smallest absolute Gasteiger partial charge is 0.270 e. The first-order chi connectivity index (χ1) is 14.7. The number of nitrogens with zero attached hydrogens (tertiary/aromatic N) is 2. The molecule has 0 aliphatic carbocycles. The quantitative estimate of drug-likeness (QED) is 0.301. The number of nitro groups is 1. The predicted molar refractivity (Wildman–Crippen MR) is 125 cm³/mol. The minimum atomic E-state index is -3.81. The number of nitro benzene ring substituents is 1. The van der Waals surface area contributed by atoms with E-state index in [2.05, 4.69) is 17.4 Å². The highest BCUT2D eigenvalue weighted by Gasteiger charge is 2.30. The van der Waals surface area contributed by atoms with Crippen LogP contribution in [0.5, 0.6) is 0 Å². The van der Waals surface area contributed by atoms with Gasteiger partial charge in [-0.2, -0.15) is 4.31 Å². The molecule has 2 rings (SSSR count). The molecule has 0 saturated carbocycles. The maximum atomic E-state index is 13.0.